The van der Waals surface area contributed by atoms with Gasteiger partial charge in [-0.15, -0.1) is 0 Å². The van der Waals surface area contributed by atoms with Gasteiger partial charge in [-0.3, -0.25) is 0 Å². The first-order valence-electron chi connectivity index (χ1n) is 10.5. The molecule has 156 valence electrons. The zero-order valence-corrected chi connectivity index (χ0v) is 23.6. The van der Waals surface area contributed by atoms with Crippen molar-refractivity contribution in [3.63, 3.8) is 0 Å². The van der Waals surface area contributed by atoms with E-state index in [9.17, 15) is 0 Å². The van der Waals surface area contributed by atoms with E-state index in [4.69, 9.17) is 1.29 Å². The van der Waals surface area contributed by atoms with Crippen molar-refractivity contribution in [3.05, 3.63) is 119 Å². The second-order valence-corrected chi connectivity index (χ2v) is 20.9. The minimum atomic E-state index is -2.39. The molecule has 0 spiro atoms. The summed E-state index contributed by atoms with van der Waals surface area (Å²) in [5.41, 5.74) is 5.18. The van der Waals surface area contributed by atoms with Crippen molar-refractivity contribution in [3.8, 4) is 0 Å². The van der Waals surface area contributed by atoms with Crippen LogP contribution in [0.1, 0.15) is 22.3 Å². The maximum absolute atomic E-state index is 7.32. The van der Waals surface area contributed by atoms with Crippen LogP contribution < -0.4 is 14.0 Å². The molecule has 4 rings (SSSR count). The van der Waals surface area contributed by atoms with Gasteiger partial charge in [0.15, 0.2) is 0 Å². The van der Waals surface area contributed by atoms with E-state index in [1.165, 1.54) is 36.3 Å². The van der Waals surface area contributed by atoms with Crippen LogP contribution in [-0.4, -0.2) is 41.3 Å². The molecule has 0 bridgehead atoms. The van der Waals surface area contributed by atoms with E-state index >= 15 is 0 Å². The van der Waals surface area contributed by atoms with Crippen LogP contribution in [0.2, 0.25) is 0 Å². The Morgan fingerprint density at radius 3 is 0.742 bits per heavy atom. The van der Waals surface area contributed by atoms with Crippen molar-refractivity contribution >= 4 is 55.3 Å². The average Bonchev–Trinajstić information content (AvgIpc) is 2.78. The Morgan fingerprint density at radius 1 is 0.355 bits per heavy atom. The molecule has 0 N–H and O–H groups in total. The van der Waals surface area contributed by atoms with Crippen molar-refractivity contribution in [2.45, 2.75) is 27.7 Å². The van der Waals surface area contributed by atoms with Crippen molar-refractivity contribution in [1.82, 2.24) is 0 Å². The van der Waals surface area contributed by atoms with Crippen LogP contribution in [0.25, 0.3) is 0 Å². The number of rotatable bonds is 6. The molecule has 0 aromatic heterocycles. The zero-order chi connectivity index (χ0) is 21.8. The summed E-state index contributed by atoms with van der Waals surface area (Å²) in [5, 5.41) is 0. The Hall–Kier alpha value is -1.52. The third-order valence-corrected chi connectivity index (χ3v) is 21.2. The molecule has 4 aromatic rings. The Bertz CT molecular complexity index is 932. The Labute approximate surface area is 202 Å². The van der Waals surface area contributed by atoms with E-state index in [2.05, 4.69) is 125 Å². The molecule has 1 nitrogen and oxygen atoms in total. The summed E-state index contributed by atoms with van der Waals surface area (Å²) in [6, 6.07) is 36.1. The van der Waals surface area contributed by atoms with Crippen molar-refractivity contribution < 1.29 is 1.29 Å². The van der Waals surface area contributed by atoms with Gasteiger partial charge in [-0.2, -0.15) is 0 Å². The Morgan fingerprint density at radius 2 is 0.548 bits per heavy atom. The van der Waals surface area contributed by atoms with Crippen LogP contribution in [-0.2, 0) is 1.29 Å². The van der Waals surface area contributed by atoms with E-state index in [1.54, 1.807) is 0 Å². The van der Waals surface area contributed by atoms with Gasteiger partial charge in [-0.05, 0) is 0 Å². The van der Waals surface area contributed by atoms with Crippen LogP contribution in [0.5, 0.6) is 0 Å². The fourth-order valence-electron chi connectivity index (χ4n) is 3.29. The van der Waals surface area contributed by atoms with Gasteiger partial charge >= 0.3 is 204 Å². The van der Waals surface area contributed by atoms with Crippen LogP contribution >= 0.6 is 0 Å². The quantitative estimate of drug-likeness (QED) is 0.297. The second kappa shape index (κ2) is 10.4. The Balaban J connectivity index is 1.79. The average molecular weight is 624 g/mol. The van der Waals surface area contributed by atoms with Gasteiger partial charge in [0.1, 0.15) is 0 Å². The molecule has 0 saturated heterocycles. The number of benzene rings is 4. The molecule has 0 atom stereocenters. The van der Waals surface area contributed by atoms with Crippen LogP contribution in [0.4, 0.5) is 0 Å². The fraction of sp³-hybridized carbons (Fsp3) is 0.143. The summed E-state index contributed by atoms with van der Waals surface area (Å²) >= 11 is -4.79. The molecule has 0 heterocycles. The summed E-state index contributed by atoms with van der Waals surface area (Å²) in [6.45, 7) is 8.60. The molecule has 0 unspecified atom stereocenters. The third-order valence-electron chi connectivity index (χ3n) is 5.24. The van der Waals surface area contributed by atoms with Gasteiger partial charge < -0.3 is 0 Å². The van der Waals surface area contributed by atoms with Crippen LogP contribution in [0.3, 0.4) is 0 Å². The number of hydrogen-bond donors (Lipinski definition) is 0. The second-order valence-electron chi connectivity index (χ2n) is 8.01. The number of hydrogen-bond acceptors (Lipinski definition) is 1. The predicted molar refractivity (Wildman–Crippen MR) is 136 cm³/mol. The SMILES string of the molecule is Cc1cc[c]([Sb]([O][Sb]([c]2ccc(C)cc2)[c]2ccc(C)cc2)[c]2ccc(C)cc2)cc1. The van der Waals surface area contributed by atoms with Gasteiger partial charge in [0.2, 0.25) is 0 Å². The van der Waals surface area contributed by atoms with E-state index < -0.39 is 41.3 Å². The molecule has 0 radical (unpaired) electrons. The monoisotopic (exact) mass is 622 g/mol. The zero-order valence-electron chi connectivity index (χ0n) is 18.5. The van der Waals surface area contributed by atoms with Gasteiger partial charge in [-0.25, -0.2) is 0 Å². The summed E-state index contributed by atoms with van der Waals surface area (Å²) < 4.78 is 12.9. The summed E-state index contributed by atoms with van der Waals surface area (Å²) in [6.07, 6.45) is 0. The van der Waals surface area contributed by atoms with E-state index in [0.29, 0.717) is 0 Å². The van der Waals surface area contributed by atoms with Crippen LogP contribution in [0, 0.1) is 27.7 Å². The van der Waals surface area contributed by atoms with Gasteiger partial charge in [0.25, 0.3) is 0 Å². The number of aryl methyl sites for hydroxylation is 4. The molecular weight excluding hydrogens is 596 g/mol. The topological polar surface area (TPSA) is 9.23 Å². The first-order chi connectivity index (χ1) is 15.0. The Kier molecular flexibility index (Phi) is 7.60. The molecule has 31 heavy (non-hydrogen) atoms. The van der Waals surface area contributed by atoms with Crippen molar-refractivity contribution in [2.75, 3.05) is 0 Å². The van der Waals surface area contributed by atoms with Crippen LogP contribution in [0.15, 0.2) is 97.1 Å². The van der Waals surface area contributed by atoms with Gasteiger partial charge in [-0.1, -0.05) is 0 Å². The van der Waals surface area contributed by atoms with E-state index in [0.717, 1.165) is 0 Å². The first kappa shape index (κ1) is 22.7. The van der Waals surface area contributed by atoms with E-state index in [-0.39, 0.29) is 0 Å². The first-order valence-corrected chi connectivity index (χ1v) is 17.7. The third kappa shape index (κ3) is 5.84. The van der Waals surface area contributed by atoms with Crippen molar-refractivity contribution in [2.24, 2.45) is 0 Å². The molecule has 0 amide bonds. The summed E-state index contributed by atoms with van der Waals surface area (Å²) in [7, 11) is 0. The molecule has 0 aliphatic rings. The fourth-order valence-corrected chi connectivity index (χ4v) is 21.7. The molecule has 3 heteroatoms. The maximum atomic E-state index is 7.32. The van der Waals surface area contributed by atoms with Crippen molar-refractivity contribution in [1.29, 1.82) is 0 Å². The summed E-state index contributed by atoms with van der Waals surface area (Å²) in [5.74, 6) is 0. The molecule has 0 fully saturated rings. The summed E-state index contributed by atoms with van der Waals surface area (Å²) in [4.78, 5) is 0. The molecule has 0 aliphatic carbocycles. The van der Waals surface area contributed by atoms with Gasteiger partial charge in [0, 0.05) is 0 Å². The van der Waals surface area contributed by atoms with Gasteiger partial charge in [0.05, 0.1) is 0 Å². The molecule has 4 aromatic carbocycles. The molecular formula is C28H28OSb2. The predicted octanol–water partition coefficient (Wildman–Crippen LogP) is 3.85. The van der Waals surface area contributed by atoms with E-state index in [1.807, 2.05) is 0 Å². The normalized spacial score (nSPS) is 11.3. The molecule has 0 saturated carbocycles. The molecule has 0 aliphatic heterocycles. The standard InChI is InChI=1S/4C7H7.O.2Sb/c4*1-7-5-3-2-4-6-7;;;/h4*3-6H,1H3;;;. The minimum absolute atomic E-state index is 1.29.